The Kier molecular flexibility index (Phi) is 5.40. The fourth-order valence-electron chi connectivity index (χ4n) is 3.19. The van der Waals surface area contributed by atoms with Gasteiger partial charge in [0, 0.05) is 17.5 Å². The maximum absolute atomic E-state index is 12.4. The fraction of sp³-hybridized carbons (Fsp3) is 0.562. The second-order valence-electron chi connectivity index (χ2n) is 6.09. The molecule has 0 aliphatic heterocycles. The van der Waals surface area contributed by atoms with Crippen molar-refractivity contribution in [1.29, 1.82) is 0 Å². The molecule has 0 radical (unpaired) electrons. The number of hydrogen-bond acceptors (Lipinski definition) is 5. The minimum absolute atomic E-state index is 0.0326. The van der Waals surface area contributed by atoms with Gasteiger partial charge in [-0.2, -0.15) is 0 Å². The monoisotopic (exact) mass is 333 g/mol. The summed E-state index contributed by atoms with van der Waals surface area (Å²) in [4.78, 5) is 13.6. The first-order chi connectivity index (χ1) is 11.3. The third-order valence-corrected chi connectivity index (χ3v) is 5.32. The van der Waals surface area contributed by atoms with Gasteiger partial charge in [-0.05, 0) is 30.2 Å². The number of nitrogens with zero attached hydrogens (tertiary/aromatic N) is 3. The van der Waals surface area contributed by atoms with Gasteiger partial charge in [0.05, 0.1) is 12.7 Å². The van der Waals surface area contributed by atoms with Gasteiger partial charge in [0.2, 0.25) is 0 Å². The van der Waals surface area contributed by atoms with Gasteiger partial charge in [-0.25, -0.2) is 4.68 Å². The van der Waals surface area contributed by atoms with Gasteiger partial charge >= 0.3 is 0 Å². The Hall–Kier alpha value is -1.73. The molecule has 7 heteroatoms. The lowest BCUT2D eigenvalue weighted by atomic mass is 9.84. The molecule has 1 unspecified atom stereocenters. The Balaban J connectivity index is 1.59. The largest absolute Gasteiger partial charge is 0.346 e. The average molecular weight is 333 g/mol. The molecule has 1 aliphatic carbocycles. The van der Waals surface area contributed by atoms with Crippen molar-refractivity contribution in [2.75, 3.05) is 6.54 Å². The van der Waals surface area contributed by atoms with Gasteiger partial charge in [-0.1, -0.05) is 30.5 Å². The van der Waals surface area contributed by atoms with Crippen LogP contribution in [0.1, 0.15) is 47.5 Å². The molecule has 0 aromatic carbocycles. The van der Waals surface area contributed by atoms with Crippen molar-refractivity contribution in [2.45, 2.75) is 44.7 Å². The van der Waals surface area contributed by atoms with Crippen LogP contribution in [-0.4, -0.2) is 33.5 Å². The molecule has 0 bridgehead atoms. The average Bonchev–Trinajstić information content (AvgIpc) is 3.25. The van der Waals surface area contributed by atoms with Gasteiger partial charge < -0.3 is 11.1 Å². The zero-order chi connectivity index (χ0) is 16.1. The lowest BCUT2D eigenvalue weighted by molar-refractivity contribution is 0.0910. The van der Waals surface area contributed by atoms with Crippen LogP contribution in [-0.2, 0) is 6.54 Å². The van der Waals surface area contributed by atoms with Crippen LogP contribution in [0.2, 0.25) is 0 Å². The van der Waals surface area contributed by atoms with E-state index in [1.54, 1.807) is 22.2 Å². The van der Waals surface area contributed by atoms with Crippen LogP contribution >= 0.6 is 11.3 Å². The van der Waals surface area contributed by atoms with Gasteiger partial charge in [0.25, 0.3) is 5.91 Å². The third-order valence-electron chi connectivity index (χ3n) is 4.46. The van der Waals surface area contributed by atoms with Gasteiger partial charge in [-0.3, -0.25) is 4.79 Å². The summed E-state index contributed by atoms with van der Waals surface area (Å²) in [6, 6.07) is 4.07. The summed E-state index contributed by atoms with van der Waals surface area (Å²) in [5.74, 6) is 0.308. The third kappa shape index (κ3) is 4.17. The molecular formula is C16H23N5OS. The van der Waals surface area contributed by atoms with E-state index in [9.17, 15) is 4.79 Å². The molecular weight excluding hydrogens is 310 g/mol. The van der Waals surface area contributed by atoms with Crippen molar-refractivity contribution < 1.29 is 4.79 Å². The Morgan fingerprint density at radius 1 is 1.43 bits per heavy atom. The summed E-state index contributed by atoms with van der Waals surface area (Å²) < 4.78 is 1.69. The predicted molar refractivity (Wildman–Crippen MR) is 90.3 cm³/mol. The van der Waals surface area contributed by atoms with Crippen LogP contribution in [0, 0.1) is 5.92 Å². The second-order valence-corrected chi connectivity index (χ2v) is 7.13. The number of thiophene rings is 1. The molecule has 1 saturated carbocycles. The number of hydrogen-bond donors (Lipinski definition) is 2. The topological polar surface area (TPSA) is 85.8 Å². The van der Waals surface area contributed by atoms with Crippen molar-refractivity contribution in [1.82, 2.24) is 20.3 Å². The summed E-state index contributed by atoms with van der Waals surface area (Å²) >= 11 is 1.66. The van der Waals surface area contributed by atoms with E-state index in [0.29, 0.717) is 24.7 Å². The molecule has 2 aromatic rings. The highest BCUT2D eigenvalue weighted by Gasteiger charge is 2.25. The Labute approximate surface area is 140 Å². The van der Waals surface area contributed by atoms with Crippen LogP contribution in [0.5, 0.6) is 0 Å². The Morgan fingerprint density at radius 2 is 2.26 bits per heavy atom. The molecule has 0 spiro atoms. The van der Waals surface area contributed by atoms with Crippen molar-refractivity contribution in [3.8, 4) is 0 Å². The van der Waals surface area contributed by atoms with E-state index in [4.69, 9.17) is 5.73 Å². The number of aromatic nitrogens is 3. The van der Waals surface area contributed by atoms with Gasteiger partial charge in [0.1, 0.15) is 0 Å². The summed E-state index contributed by atoms with van der Waals surface area (Å²) in [6.07, 6.45) is 7.74. The maximum Gasteiger partial charge on any atom is 0.273 e. The van der Waals surface area contributed by atoms with Crippen LogP contribution in [0.3, 0.4) is 0 Å². The molecule has 1 atom stereocenters. The van der Waals surface area contributed by atoms with Crippen molar-refractivity contribution >= 4 is 17.2 Å². The maximum atomic E-state index is 12.4. The standard InChI is InChI=1S/C16H23N5OS/c17-9-14(12-5-2-1-3-6-12)18-16(22)15-11-21(20-19-15)10-13-7-4-8-23-13/h4,7-8,11-12,14H,1-3,5-6,9-10,17H2,(H,18,22). The molecule has 23 heavy (non-hydrogen) atoms. The van der Waals surface area contributed by atoms with Gasteiger partial charge in [0.15, 0.2) is 5.69 Å². The summed E-state index contributed by atoms with van der Waals surface area (Å²) in [7, 11) is 0. The zero-order valence-electron chi connectivity index (χ0n) is 13.1. The number of amides is 1. The molecule has 3 N–H and O–H groups in total. The second kappa shape index (κ2) is 7.70. The van der Waals surface area contributed by atoms with E-state index in [1.165, 1.54) is 24.1 Å². The summed E-state index contributed by atoms with van der Waals surface area (Å²) in [5.41, 5.74) is 6.23. The molecule has 1 amide bonds. The quantitative estimate of drug-likeness (QED) is 0.847. The zero-order valence-corrected chi connectivity index (χ0v) is 14.0. The predicted octanol–water partition coefficient (Wildman–Crippen LogP) is 2.03. The van der Waals surface area contributed by atoms with E-state index >= 15 is 0 Å². The fourth-order valence-corrected chi connectivity index (χ4v) is 3.89. The number of carbonyl (C=O) groups excluding carboxylic acids is 1. The smallest absolute Gasteiger partial charge is 0.273 e. The molecule has 1 fully saturated rings. The first kappa shape index (κ1) is 16.1. The first-order valence-corrected chi connectivity index (χ1v) is 9.07. The lowest BCUT2D eigenvalue weighted by Crippen LogP contribution is -2.46. The molecule has 1 aliphatic rings. The van der Waals surface area contributed by atoms with Gasteiger partial charge in [-0.15, -0.1) is 16.4 Å². The number of nitrogens with two attached hydrogens (primary N) is 1. The van der Waals surface area contributed by atoms with Crippen molar-refractivity contribution in [3.05, 3.63) is 34.3 Å². The van der Waals surface area contributed by atoms with Crippen LogP contribution in [0.25, 0.3) is 0 Å². The molecule has 2 heterocycles. The number of carbonyl (C=O) groups is 1. The first-order valence-electron chi connectivity index (χ1n) is 8.19. The van der Waals surface area contributed by atoms with Crippen LogP contribution < -0.4 is 11.1 Å². The van der Waals surface area contributed by atoms with Crippen LogP contribution in [0.4, 0.5) is 0 Å². The molecule has 3 rings (SSSR count). The molecule has 0 saturated heterocycles. The highest BCUT2D eigenvalue weighted by atomic mass is 32.1. The van der Waals surface area contributed by atoms with Crippen LogP contribution in [0.15, 0.2) is 23.7 Å². The Morgan fingerprint density at radius 3 is 2.96 bits per heavy atom. The van der Waals surface area contributed by atoms with E-state index in [0.717, 1.165) is 12.8 Å². The Bertz CT molecular complexity index is 618. The minimum Gasteiger partial charge on any atom is -0.346 e. The SMILES string of the molecule is NCC(NC(=O)c1cn(Cc2cccs2)nn1)C1CCCCC1. The summed E-state index contributed by atoms with van der Waals surface area (Å²) in [5, 5.41) is 13.1. The van der Waals surface area contributed by atoms with Crippen molar-refractivity contribution in [3.63, 3.8) is 0 Å². The highest BCUT2D eigenvalue weighted by molar-refractivity contribution is 7.09. The molecule has 2 aromatic heterocycles. The number of nitrogens with one attached hydrogen (secondary N) is 1. The lowest BCUT2D eigenvalue weighted by Gasteiger charge is -2.29. The van der Waals surface area contributed by atoms with E-state index in [-0.39, 0.29) is 11.9 Å². The van der Waals surface area contributed by atoms with E-state index in [1.807, 2.05) is 17.5 Å². The highest BCUT2D eigenvalue weighted by Crippen LogP contribution is 2.26. The number of rotatable bonds is 6. The molecule has 124 valence electrons. The minimum atomic E-state index is -0.177. The molecule has 6 nitrogen and oxygen atoms in total. The summed E-state index contributed by atoms with van der Waals surface area (Å²) in [6.45, 7) is 1.11. The van der Waals surface area contributed by atoms with E-state index < -0.39 is 0 Å². The normalized spacial score (nSPS) is 17.1. The van der Waals surface area contributed by atoms with Crippen molar-refractivity contribution in [2.24, 2.45) is 11.7 Å². The van der Waals surface area contributed by atoms with E-state index in [2.05, 4.69) is 15.6 Å².